The highest BCUT2D eigenvalue weighted by atomic mass is 35.5. The van der Waals surface area contributed by atoms with Gasteiger partial charge in [0.25, 0.3) is 5.91 Å². The Balaban J connectivity index is 1.77. The minimum Gasteiger partial charge on any atom is -0.495 e. The summed E-state index contributed by atoms with van der Waals surface area (Å²) < 4.78 is 5.31. The van der Waals surface area contributed by atoms with Gasteiger partial charge in [-0.15, -0.1) is 0 Å². The van der Waals surface area contributed by atoms with E-state index in [1.54, 1.807) is 55.6 Å². The number of hydrogen-bond donors (Lipinski definition) is 1. The molecule has 0 aliphatic carbocycles. The van der Waals surface area contributed by atoms with Crippen molar-refractivity contribution in [2.24, 2.45) is 0 Å². The summed E-state index contributed by atoms with van der Waals surface area (Å²) >= 11 is 6.03. The summed E-state index contributed by atoms with van der Waals surface area (Å²) in [6, 6.07) is 18.2. The molecule has 26 heavy (non-hydrogen) atoms. The number of amides is 1. The van der Waals surface area contributed by atoms with Crippen LogP contribution in [0.4, 0.5) is 17.2 Å². The molecule has 0 bridgehead atoms. The lowest BCUT2D eigenvalue weighted by Crippen LogP contribution is -2.26. The summed E-state index contributed by atoms with van der Waals surface area (Å²) in [5.41, 5.74) is 2.02. The van der Waals surface area contributed by atoms with Crippen molar-refractivity contribution < 1.29 is 9.53 Å². The van der Waals surface area contributed by atoms with Crippen LogP contribution in [0.15, 0.2) is 66.9 Å². The third-order valence-electron chi connectivity index (χ3n) is 3.88. The molecule has 0 saturated heterocycles. The summed E-state index contributed by atoms with van der Waals surface area (Å²) in [6.45, 7) is 0. The molecule has 0 saturated carbocycles. The number of methoxy groups -OCH3 is 1. The van der Waals surface area contributed by atoms with Crippen LogP contribution < -0.4 is 15.0 Å². The molecule has 1 heterocycles. The lowest BCUT2D eigenvalue weighted by atomic mass is 10.2. The van der Waals surface area contributed by atoms with Crippen LogP contribution in [0.1, 0.15) is 10.4 Å². The molecule has 0 radical (unpaired) electrons. The molecule has 1 N–H and O–H groups in total. The van der Waals surface area contributed by atoms with Gasteiger partial charge in [0.2, 0.25) is 0 Å². The largest absolute Gasteiger partial charge is 0.495 e. The van der Waals surface area contributed by atoms with Gasteiger partial charge in [-0.3, -0.25) is 4.79 Å². The number of ether oxygens (including phenoxy) is 1. The molecule has 6 heteroatoms. The van der Waals surface area contributed by atoms with Crippen LogP contribution >= 0.6 is 11.6 Å². The number of carbonyl (C=O) groups is 1. The first kappa shape index (κ1) is 17.8. The molecule has 3 rings (SSSR count). The Bertz CT molecular complexity index is 899. The predicted octanol–water partition coefficient (Wildman–Crippen LogP) is 4.76. The van der Waals surface area contributed by atoms with Gasteiger partial charge in [0.15, 0.2) is 0 Å². The average Bonchev–Trinajstić information content (AvgIpc) is 2.68. The van der Waals surface area contributed by atoms with Crippen LogP contribution in [0.2, 0.25) is 5.02 Å². The van der Waals surface area contributed by atoms with Crippen molar-refractivity contribution in [1.82, 2.24) is 4.98 Å². The molecule has 0 spiro atoms. The first-order valence-corrected chi connectivity index (χ1v) is 8.36. The topological polar surface area (TPSA) is 54.5 Å². The number of nitrogens with one attached hydrogen (secondary N) is 1. The van der Waals surface area contributed by atoms with Crippen molar-refractivity contribution in [2.45, 2.75) is 0 Å². The number of pyridine rings is 1. The van der Waals surface area contributed by atoms with Crippen molar-refractivity contribution in [3.05, 3.63) is 77.4 Å². The molecule has 0 fully saturated rings. The van der Waals surface area contributed by atoms with E-state index in [9.17, 15) is 4.79 Å². The first-order valence-electron chi connectivity index (χ1n) is 7.98. The van der Waals surface area contributed by atoms with E-state index in [-0.39, 0.29) is 5.91 Å². The average molecular weight is 368 g/mol. The summed E-state index contributed by atoms with van der Waals surface area (Å²) in [5, 5.41) is 3.73. The lowest BCUT2D eigenvalue weighted by Gasteiger charge is -2.17. The number of rotatable bonds is 5. The molecule has 2 aromatic carbocycles. The SMILES string of the molecule is COc1ccc(Cl)cc1Nc1ccc(C(=O)N(C)c2ccccc2)cn1. The van der Waals surface area contributed by atoms with Gasteiger partial charge < -0.3 is 15.0 Å². The van der Waals surface area contributed by atoms with Crippen molar-refractivity contribution in [1.29, 1.82) is 0 Å². The zero-order valence-corrected chi connectivity index (χ0v) is 15.2. The number of benzene rings is 2. The third kappa shape index (κ3) is 3.95. The highest BCUT2D eigenvalue weighted by Crippen LogP contribution is 2.30. The molecule has 1 amide bonds. The summed E-state index contributed by atoms with van der Waals surface area (Å²) in [5.74, 6) is 1.11. The fourth-order valence-electron chi connectivity index (χ4n) is 2.47. The van der Waals surface area contributed by atoms with Gasteiger partial charge in [-0.1, -0.05) is 29.8 Å². The molecule has 132 valence electrons. The highest BCUT2D eigenvalue weighted by molar-refractivity contribution is 6.31. The predicted molar refractivity (Wildman–Crippen MR) is 105 cm³/mol. The van der Waals surface area contributed by atoms with Crippen LogP contribution in [0.3, 0.4) is 0 Å². The smallest absolute Gasteiger partial charge is 0.259 e. The summed E-state index contributed by atoms with van der Waals surface area (Å²) in [4.78, 5) is 18.5. The van der Waals surface area contributed by atoms with E-state index >= 15 is 0 Å². The maximum Gasteiger partial charge on any atom is 0.259 e. The Morgan fingerprint density at radius 2 is 1.88 bits per heavy atom. The highest BCUT2D eigenvalue weighted by Gasteiger charge is 2.14. The van der Waals surface area contributed by atoms with Gasteiger partial charge in [-0.05, 0) is 42.5 Å². The fraction of sp³-hybridized carbons (Fsp3) is 0.100. The van der Waals surface area contributed by atoms with Crippen LogP contribution in [0.25, 0.3) is 0 Å². The Morgan fingerprint density at radius 1 is 1.12 bits per heavy atom. The van der Waals surface area contributed by atoms with Gasteiger partial charge in [0, 0.05) is 24.0 Å². The molecular weight excluding hydrogens is 350 g/mol. The van der Waals surface area contributed by atoms with Gasteiger partial charge in [-0.2, -0.15) is 0 Å². The molecule has 3 aromatic rings. The Labute approximate surface area is 157 Å². The normalized spacial score (nSPS) is 10.3. The van der Waals surface area contributed by atoms with Crippen LogP contribution in [-0.2, 0) is 0 Å². The minimum atomic E-state index is -0.129. The molecular formula is C20H18ClN3O2. The molecule has 0 atom stereocenters. The second kappa shape index (κ2) is 7.89. The maximum atomic E-state index is 12.6. The number of anilines is 3. The number of para-hydroxylation sites is 1. The molecule has 5 nitrogen and oxygen atoms in total. The van der Waals surface area contributed by atoms with Crippen LogP contribution in [-0.4, -0.2) is 25.0 Å². The van der Waals surface area contributed by atoms with Gasteiger partial charge in [-0.25, -0.2) is 4.98 Å². The van der Waals surface area contributed by atoms with E-state index < -0.39 is 0 Å². The van der Waals surface area contributed by atoms with Gasteiger partial charge in [0.05, 0.1) is 18.4 Å². The summed E-state index contributed by atoms with van der Waals surface area (Å²) in [6.07, 6.45) is 1.54. The summed E-state index contributed by atoms with van der Waals surface area (Å²) in [7, 11) is 3.32. The van der Waals surface area contributed by atoms with Crippen molar-refractivity contribution in [3.8, 4) is 5.75 Å². The zero-order valence-electron chi connectivity index (χ0n) is 14.4. The quantitative estimate of drug-likeness (QED) is 0.706. The second-order valence-electron chi connectivity index (χ2n) is 5.60. The molecule has 0 unspecified atom stereocenters. The van der Waals surface area contributed by atoms with E-state index in [1.807, 2.05) is 30.3 Å². The molecule has 0 aliphatic heterocycles. The Hall–Kier alpha value is -3.05. The molecule has 1 aromatic heterocycles. The number of nitrogens with zero attached hydrogens (tertiary/aromatic N) is 2. The second-order valence-corrected chi connectivity index (χ2v) is 6.04. The maximum absolute atomic E-state index is 12.6. The first-order chi connectivity index (χ1) is 12.6. The van der Waals surface area contributed by atoms with Gasteiger partial charge >= 0.3 is 0 Å². The number of aromatic nitrogens is 1. The number of halogens is 1. The zero-order chi connectivity index (χ0) is 18.5. The van der Waals surface area contributed by atoms with Crippen molar-refractivity contribution in [2.75, 3.05) is 24.4 Å². The van der Waals surface area contributed by atoms with E-state index in [2.05, 4.69) is 10.3 Å². The monoisotopic (exact) mass is 367 g/mol. The van der Waals surface area contributed by atoms with Crippen LogP contribution in [0, 0.1) is 0 Å². The number of carbonyl (C=O) groups excluding carboxylic acids is 1. The standard InChI is InChI=1S/C20H18ClN3O2/c1-24(16-6-4-3-5-7-16)20(25)14-8-11-19(22-13-14)23-17-12-15(21)9-10-18(17)26-2/h3-13H,1-2H3,(H,22,23). The Kier molecular flexibility index (Phi) is 5.39. The molecule has 0 aliphatic rings. The minimum absolute atomic E-state index is 0.129. The lowest BCUT2D eigenvalue weighted by molar-refractivity contribution is 0.0992. The van der Waals surface area contributed by atoms with E-state index in [0.717, 1.165) is 5.69 Å². The van der Waals surface area contributed by atoms with Gasteiger partial charge in [0.1, 0.15) is 11.6 Å². The van der Waals surface area contributed by atoms with E-state index in [0.29, 0.717) is 27.8 Å². The number of hydrogen-bond acceptors (Lipinski definition) is 4. The Morgan fingerprint density at radius 3 is 2.54 bits per heavy atom. The van der Waals surface area contributed by atoms with Crippen molar-refractivity contribution in [3.63, 3.8) is 0 Å². The van der Waals surface area contributed by atoms with E-state index in [1.165, 1.54) is 0 Å². The fourth-order valence-corrected chi connectivity index (χ4v) is 2.64. The van der Waals surface area contributed by atoms with E-state index in [4.69, 9.17) is 16.3 Å². The third-order valence-corrected chi connectivity index (χ3v) is 4.12. The van der Waals surface area contributed by atoms with Crippen LogP contribution in [0.5, 0.6) is 5.75 Å². The van der Waals surface area contributed by atoms with Crippen molar-refractivity contribution >= 4 is 34.7 Å².